The number of hydrogen-bond acceptors (Lipinski definition) is 7. The number of nitrogens with one attached hydrogen (secondary N) is 3. The molecular weight excluding hydrogens is 304 g/mol. The third kappa shape index (κ3) is 2.70. The molecule has 124 valence electrons. The van der Waals surface area contributed by atoms with Crippen LogP contribution in [0.15, 0.2) is 31.0 Å². The Bertz CT molecular complexity index is 830. The first-order valence-electron chi connectivity index (χ1n) is 8.13. The first-order chi connectivity index (χ1) is 11.8. The lowest BCUT2D eigenvalue weighted by Gasteiger charge is -2.26. The van der Waals surface area contributed by atoms with Gasteiger partial charge in [0.05, 0.1) is 5.39 Å². The molecule has 0 amide bonds. The van der Waals surface area contributed by atoms with Gasteiger partial charge in [-0.05, 0) is 18.9 Å². The van der Waals surface area contributed by atoms with Crippen molar-refractivity contribution in [1.82, 2.24) is 24.9 Å². The molecule has 0 aliphatic carbocycles. The van der Waals surface area contributed by atoms with Crippen molar-refractivity contribution in [2.24, 2.45) is 0 Å². The average molecular weight is 324 g/mol. The van der Waals surface area contributed by atoms with Gasteiger partial charge in [-0.1, -0.05) is 0 Å². The quantitative estimate of drug-likeness (QED) is 0.659. The van der Waals surface area contributed by atoms with Crippen LogP contribution < -0.4 is 15.5 Å². The van der Waals surface area contributed by atoms with Gasteiger partial charge >= 0.3 is 0 Å². The number of rotatable bonds is 5. The summed E-state index contributed by atoms with van der Waals surface area (Å²) in [5.74, 6) is 2.67. The molecule has 3 N–H and O–H groups in total. The van der Waals surface area contributed by atoms with E-state index < -0.39 is 0 Å². The van der Waals surface area contributed by atoms with Gasteiger partial charge in [0.25, 0.3) is 0 Å². The third-order valence-corrected chi connectivity index (χ3v) is 4.44. The Morgan fingerprint density at radius 1 is 1.25 bits per heavy atom. The monoisotopic (exact) mass is 324 g/mol. The predicted octanol–water partition coefficient (Wildman–Crippen LogP) is 1.87. The molecule has 1 fully saturated rings. The minimum atomic E-state index is 0.383. The van der Waals surface area contributed by atoms with Gasteiger partial charge in [0, 0.05) is 38.4 Å². The molecule has 1 aliphatic rings. The molecule has 4 rings (SSSR count). The molecule has 0 radical (unpaired) electrons. The topological polar surface area (TPSA) is 94.7 Å². The maximum atomic E-state index is 4.43. The van der Waals surface area contributed by atoms with Crippen LogP contribution in [0.1, 0.15) is 12.8 Å². The minimum absolute atomic E-state index is 0.383. The molecule has 24 heavy (non-hydrogen) atoms. The van der Waals surface area contributed by atoms with Crippen molar-refractivity contribution in [3.8, 4) is 0 Å². The van der Waals surface area contributed by atoms with Crippen LogP contribution in [-0.4, -0.2) is 51.1 Å². The second-order valence-corrected chi connectivity index (χ2v) is 5.84. The predicted molar refractivity (Wildman–Crippen MR) is 94.3 cm³/mol. The van der Waals surface area contributed by atoms with E-state index in [1.807, 2.05) is 25.4 Å². The molecule has 4 heterocycles. The van der Waals surface area contributed by atoms with E-state index in [9.17, 15) is 0 Å². The fourth-order valence-corrected chi connectivity index (χ4v) is 3.22. The second kappa shape index (κ2) is 6.31. The highest BCUT2D eigenvalue weighted by molar-refractivity contribution is 5.86. The lowest BCUT2D eigenvalue weighted by molar-refractivity contribution is 0.689. The van der Waals surface area contributed by atoms with E-state index in [1.165, 1.54) is 0 Å². The van der Waals surface area contributed by atoms with Crippen molar-refractivity contribution < 1.29 is 0 Å². The standard InChI is InChI=1S/C16H20N8/c1-17-13-7-14(21-9-20-13)24-6-2-3-11(24)8-19-16-12-4-5-18-15(12)22-10-23-16/h4-5,7,9-11H,2-3,6,8H2,1H3,(H,17,20,21)(H2,18,19,22,23). The van der Waals surface area contributed by atoms with Gasteiger partial charge in [-0.3, -0.25) is 0 Å². The van der Waals surface area contributed by atoms with E-state index in [4.69, 9.17) is 0 Å². The zero-order valence-corrected chi connectivity index (χ0v) is 13.5. The number of H-pyrrole nitrogens is 1. The summed E-state index contributed by atoms with van der Waals surface area (Å²) < 4.78 is 0. The molecule has 8 nitrogen and oxygen atoms in total. The summed E-state index contributed by atoms with van der Waals surface area (Å²) in [7, 11) is 1.87. The van der Waals surface area contributed by atoms with Crippen LogP contribution in [0.2, 0.25) is 0 Å². The van der Waals surface area contributed by atoms with E-state index in [1.54, 1.807) is 12.7 Å². The first-order valence-corrected chi connectivity index (χ1v) is 8.13. The highest BCUT2D eigenvalue weighted by Crippen LogP contribution is 2.26. The fourth-order valence-electron chi connectivity index (χ4n) is 3.22. The zero-order valence-electron chi connectivity index (χ0n) is 13.5. The van der Waals surface area contributed by atoms with Crippen molar-refractivity contribution in [3.63, 3.8) is 0 Å². The van der Waals surface area contributed by atoms with E-state index in [0.29, 0.717) is 6.04 Å². The number of hydrogen-bond donors (Lipinski definition) is 3. The Hall–Kier alpha value is -2.90. The third-order valence-electron chi connectivity index (χ3n) is 4.44. The van der Waals surface area contributed by atoms with Crippen LogP contribution >= 0.6 is 0 Å². The van der Waals surface area contributed by atoms with Gasteiger partial charge in [-0.2, -0.15) is 0 Å². The molecule has 0 saturated carbocycles. The second-order valence-electron chi connectivity index (χ2n) is 5.84. The van der Waals surface area contributed by atoms with E-state index in [0.717, 1.165) is 54.4 Å². The van der Waals surface area contributed by atoms with Crippen molar-refractivity contribution in [2.75, 3.05) is 35.7 Å². The molecule has 1 unspecified atom stereocenters. The van der Waals surface area contributed by atoms with Crippen LogP contribution in [0, 0.1) is 0 Å². The number of anilines is 3. The van der Waals surface area contributed by atoms with Crippen LogP contribution in [0.3, 0.4) is 0 Å². The highest BCUT2D eigenvalue weighted by Gasteiger charge is 2.26. The molecule has 1 atom stereocenters. The Morgan fingerprint density at radius 2 is 2.17 bits per heavy atom. The highest BCUT2D eigenvalue weighted by atomic mass is 15.3. The summed E-state index contributed by atoms with van der Waals surface area (Å²) in [5.41, 5.74) is 0.852. The van der Waals surface area contributed by atoms with Crippen LogP contribution in [0.4, 0.5) is 17.5 Å². The van der Waals surface area contributed by atoms with Gasteiger partial charge in [0.1, 0.15) is 35.8 Å². The van der Waals surface area contributed by atoms with Crippen LogP contribution in [-0.2, 0) is 0 Å². The Balaban J connectivity index is 1.50. The van der Waals surface area contributed by atoms with Gasteiger partial charge in [0.15, 0.2) is 0 Å². The largest absolute Gasteiger partial charge is 0.373 e. The van der Waals surface area contributed by atoms with Gasteiger partial charge in [0.2, 0.25) is 0 Å². The van der Waals surface area contributed by atoms with E-state index in [2.05, 4.69) is 40.5 Å². The summed E-state index contributed by atoms with van der Waals surface area (Å²) in [5, 5.41) is 7.55. The zero-order chi connectivity index (χ0) is 16.4. The lowest BCUT2D eigenvalue weighted by Crippen LogP contribution is -2.35. The van der Waals surface area contributed by atoms with E-state index in [-0.39, 0.29) is 0 Å². The van der Waals surface area contributed by atoms with Gasteiger partial charge < -0.3 is 20.5 Å². The summed E-state index contributed by atoms with van der Waals surface area (Å²) in [6.45, 7) is 1.83. The molecule has 0 spiro atoms. The molecule has 0 aromatic carbocycles. The van der Waals surface area contributed by atoms with Crippen molar-refractivity contribution in [1.29, 1.82) is 0 Å². The Morgan fingerprint density at radius 3 is 3.08 bits per heavy atom. The molecule has 8 heteroatoms. The number of aromatic amines is 1. The molecule has 0 bridgehead atoms. The molecular formula is C16H20N8. The summed E-state index contributed by atoms with van der Waals surface area (Å²) >= 11 is 0. The smallest absolute Gasteiger partial charge is 0.142 e. The maximum absolute atomic E-state index is 4.43. The lowest BCUT2D eigenvalue weighted by atomic mass is 10.2. The van der Waals surface area contributed by atoms with Crippen LogP contribution in [0.5, 0.6) is 0 Å². The van der Waals surface area contributed by atoms with Gasteiger partial charge in [-0.25, -0.2) is 19.9 Å². The molecule has 1 saturated heterocycles. The average Bonchev–Trinajstić information content (AvgIpc) is 3.29. The molecule has 3 aromatic rings. The maximum Gasteiger partial charge on any atom is 0.142 e. The Labute approximate surface area is 139 Å². The number of nitrogens with zero attached hydrogens (tertiary/aromatic N) is 5. The van der Waals surface area contributed by atoms with Crippen LogP contribution in [0.25, 0.3) is 11.0 Å². The molecule has 1 aliphatic heterocycles. The molecule has 3 aromatic heterocycles. The first kappa shape index (κ1) is 14.7. The normalized spacial score (nSPS) is 17.4. The summed E-state index contributed by atoms with van der Waals surface area (Å²) in [6.07, 6.45) is 7.36. The van der Waals surface area contributed by atoms with Gasteiger partial charge in [-0.15, -0.1) is 0 Å². The van der Waals surface area contributed by atoms with Crippen molar-refractivity contribution in [2.45, 2.75) is 18.9 Å². The van der Waals surface area contributed by atoms with E-state index >= 15 is 0 Å². The Kier molecular flexibility index (Phi) is 3.86. The van der Waals surface area contributed by atoms with Crippen molar-refractivity contribution in [3.05, 3.63) is 31.0 Å². The number of fused-ring (bicyclic) bond motifs is 1. The fraction of sp³-hybridized carbons (Fsp3) is 0.375. The van der Waals surface area contributed by atoms with Crippen molar-refractivity contribution >= 4 is 28.5 Å². The number of aromatic nitrogens is 5. The SMILES string of the molecule is CNc1cc(N2CCCC2CNc2ncnc3[nH]ccc23)ncn1. The summed E-state index contributed by atoms with van der Waals surface area (Å²) in [6, 6.07) is 4.37. The minimum Gasteiger partial charge on any atom is -0.373 e. The summed E-state index contributed by atoms with van der Waals surface area (Å²) in [4.78, 5) is 22.7.